The summed E-state index contributed by atoms with van der Waals surface area (Å²) in [7, 11) is 2.74. The number of hydrogen-bond donors (Lipinski definition) is 10. The van der Waals surface area contributed by atoms with E-state index in [9.17, 15) is 40.2 Å². The molecule has 2 aromatic carbocycles. The number of aromatic hydroxyl groups is 1. The van der Waals surface area contributed by atoms with Crippen LogP contribution in [-0.4, -0.2) is 106 Å². The van der Waals surface area contributed by atoms with E-state index in [2.05, 4.69) is 15.6 Å². The molecule has 1 fully saturated rings. The topological polar surface area (TPSA) is 272 Å². The van der Waals surface area contributed by atoms with Crippen LogP contribution in [0.4, 0.5) is 0 Å². The van der Waals surface area contributed by atoms with E-state index in [0.717, 1.165) is 5.57 Å². The van der Waals surface area contributed by atoms with Crippen molar-refractivity contribution in [1.29, 1.82) is 0 Å². The van der Waals surface area contributed by atoms with Gasteiger partial charge in [0, 0.05) is 48.1 Å². The second kappa shape index (κ2) is 14.3. The lowest BCUT2D eigenvalue weighted by atomic mass is 9.78. The maximum Gasteiger partial charge on any atom is 0.229 e. The van der Waals surface area contributed by atoms with E-state index in [1.807, 2.05) is 6.08 Å². The third kappa shape index (κ3) is 6.34. The lowest BCUT2D eigenvalue weighted by Crippen LogP contribution is -2.60. The van der Waals surface area contributed by atoms with Crippen molar-refractivity contribution in [3.8, 4) is 17.2 Å². The number of aryl methyl sites for hydroxylation is 1. The smallest absolute Gasteiger partial charge is 0.229 e. The van der Waals surface area contributed by atoms with Gasteiger partial charge < -0.3 is 67.0 Å². The molecule has 0 bridgehead atoms. The van der Waals surface area contributed by atoms with Crippen LogP contribution in [0.2, 0.25) is 0 Å². The van der Waals surface area contributed by atoms with E-state index in [1.54, 1.807) is 12.3 Å². The molecule has 2 aromatic rings. The first-order valence-electron chi connectivity index (χ1n) is 15.1. The normalized spacial score (nSPS) is 25.2. The molecule has 0 radical (unpaired) electrons. The number of aliphatic hydroxyl groups is 5. The Labute approximate surface area is 274 Å². The van der Waals surface area contributed by atoms with Crippen molar-refractivity contribution in [1.82, 2.24) is 10.6 Å². The summed E-state index contributed by atoms with van der Waals surface area (Å²) in [6, 6.07) is 2.71. The standard InChI is InChI=1S/C32H39N5O11/c1-35-32(34)37-10-16-14(5-3-13-4-6-21(33)36-9-13)7-15-23(26(16)41)28(43)24-19(8-18(46-2)17(11-38)22(24)25(15)40)47-31-30(45)29(44)27(42)20(12-39)48-31/h4,6-9,20-21,27,29-31,36,38-39,41-42,44-45H,3,5,10-12,33H2,1-2H3,(H3,34,35,37)/t20-,21?,27-,29+,30-,31-/m1/s1. The quantitative estimate of drug-likeness (QED) is 0.0838. The number of dihydropyridines is 1. The fourth-order valence-electron chi connectivity index (χ4n) is 5.95. The number of methoxy groups -OCH3 is 1. The maximum absolute atomic E-state index is 14.4. The molecule has 16 heteroatoms. The Bertz CT molecular complexity index is 1690. The van der Waals surface area contributed by atoms with Gasteiger partial charge in [-0.15, -0.1) is 0 Å². The minimum absolute atomic E-state index is 0.0312. The van der Waals surface area contributed by atoms with Gasteiger partial charge in [-0.1, -0.05) is 6.08 Å². The number of fused-ring (bicyclic) bond motifs is 2. The molecule has 1 aliphatic carbocycles. The number of rotatable bonds is 10. The van der Waals surface area contributed by atoms with Crippen molar-refractivity contribution in [2.24, 2.45) is 16.5 Å². The number of nitrogens with zero attached hydrogens (tertiary/aromatic N) is 1. The molecule has 2 heterocycles. The minimum Gasteiger partial charge on any atom is -0.507 e. The van der Waals surface area contributed by atoms with Crippen molar-refractivity contribution in [3.63, 3.8) is 0 Å². The number of allylic oxidation sites excluding steroid dienone is 2. The monoisotopic (exact) mass is 669 g/mol. The lowest BCUT2D eigenvalue weighted by molar-refractivity contribution is -0.277. The van der Waals surface area contributed by atoms with Crippen LogP contribution in [0.25, 0.3) is 0 Å². The number of carbonyl (C=O) groups excluding carboxylic acids is 2. The Morgan fingerprint density at radius 3 is 2.40 bits per heavy atom. The second-order valence-electron chi connectivity index (χ2n) is 11.5. The number of benzene rings is 2. The molecule has 0 spiro atoms. The van der Waals surface area contributed by atoms with Crippen LogP contribution >= 0.6 is 0 Å². The first-order valence-corrected chi connectivity index (χ1v) is 15.1. The van der Waals surface area contributed by atoms with Crippen molar-refractivity contribution in [2.45, 2.75) is 62.9 Å². The molecule has 1 unspecified atom stereocenters. The van der Waals surface area contributed by atoms with E-state index >= 15 is 0 Å². The highest BCUT2D eigenvalue weighted by Gasteiger charge is 2.46. The number of phenolic OH excluding ortho intramolecular Hbond substituents is 1. The highest BCUT2D eigenvalue weighted by molar-refractivity contribution is 6.31. The number of phenols is 1. The number of ketones is 2. The predicted octanol–water partition coefficient (Wildman–Crippen LogP) is -1.86. The lowest BCUT2D eigenvalue weighted by Gasteiger charge is -2.40. The summed E-state index contributed by atoms with van der Waals surface area (Å²) in [5, 5.41) is 68.7. The Balaban J connectivity index is 1.63. The molecule has 0 aromatic heterocycles. The van der Waals surface area contributed by atoms with Crippen molar-refractivity contribution < 1.29 is 54.4 Å². The molecular weight excluding hydrogens is 630 g/mol. The Hall–Kier alpha value is -4.55. The maximum atomic E-state index is 14.4. The number of ether oxygens (including phenoxy) is 3. The van der Waals surface area contributed by atoms with Gasteiger partial charge in [-0.05, 0) is 36.1 Å². The van der Waals surface area contributed by atoms with E-state index in [4.69, 9.17) is 25.7 Å². The van der Waals surface area contributed by atoms with Crippen LogP contribution in [0.15, 0.2) is 41.1 Å². The minimum atomic E-state index is -1.84. The zero-order chi connectivity index (χ0) is 34.9. The Kier molecular flexibility index (Phi) is 10.4. The summed E-state index contributed by atoms with van der Waals surface area (Å²) in [6.07, 6.45) is -2.47. The third-order valence-corrected chi connectivity index (χ3v) is 8.60. The van der Waals surface area contributed by atoms with Gasteiger partial charge in [0.2, 0.25) is 12.1 Å². The van der Waals surface area contributed by atoms with Gasteiger partial charge in [0.25, 0.3) is 0 Å². The molecule has 0 amide bonds. The molecule has 16 nitrogen and oxygen atoms in total. The fraction of sp³-hybridized carbons (Fsp3) is 0.406. The zero-order valence-corrected chi connectivity index (χ0v) is 26.2. The molecule has 6 atom stereocenters. The molecule has 48 heavy (non-hydrogen) atoms. The van der Waals surface area contributed by atoms with E-state index in [-0.39, 0.29) is 63.5 Å². The van der Waals surface area contributed by atoms with Gasteiger partial charge in [-0.2, -0.15) is 0 Å². The average molecular weight is 670 g/mol. The number of nitrogens with one attached hydrogen (secondary N) is 2. The van der Waals surface area contributed by atoms with Crippen LogP contribution in [0, 0.1) is 0 Å². The summed E-state index contributed by atoms with van der Waals surface area (Å²) in [4.78, 5) is 32.5. The van der Waals surface area contributed by atoms with Gasteiger partial charge >= 0.3 is 0 Å². The van der Waals surface area contributed by atoms with E-state index < -0.39 is 61.2 Å². The van der Waals surface area contributed by atoms with Crippen LogP contribution in [0.3, 0.4) is 0 Å². The first kappa shape index (κ1) is 34.8. The molecule has 12 N–H and O–H groups in total. The second-order valence-corrected chi connectivity index (χ2v) is 11.5. The number of carbonyl (C=O) groups is 2. The molecule has 258 valence electrons. The summed E-state index contributed by atoms with van der Waals surface area (Å²) < 4.78 is 16.7. The molecule has 0 saturated carbocycles. The zero-order valence-electron chi connectivity index (χ0n) is 26.2. The summed E-state index contributed by atoms with van der Waals surface area (Å²) in [6.45, 7) is -1.51. The van der Waals surface area contributed by atoms with Crippen LogP contribution in [-0.2, 0) is 24.3 Å². The highest BCUT2D eigenvalue weighted by Crippen LogP contribution is 2.45. The van der Waals surface area contributed by atoms with Crippen molar-refractivity contribution in [2.75, 3.05) is 20.8 Å². The number of hydrogen-bond acceptors (Lipinski definition) is 14. The number of nitrogens with two attached hydrogens (primary N) is 2. The van der Waals surface area contributed by atoms with Gasteiger partial charge in [-0.25, -0.2) is 0 Å². The predicted molar refractivity (Wildman–Crippen MR) is 169 cm³/mol. The first-order chi connectivity index (χ1) is 22.9. The van der Waals surface area contributed by atoms with Crippen LogP contribution in [0.1, 0.15) is 55.0 Å². The SMILES string of the molecule is CN=C(N)NCc1c(CCC2=CNC(N)C=C2)cc2c(c1O)C(=O)c1c(O[C@@H]3O[C@H](CO)[C@@H](O)[C@H](O)[C@H]3O)cc(OC)c(CO)c1C2=O. The Morgan fingerprint density at radius 1 is 1.02 bits per heavy atom. The summed E-state index contributed by atoms with van der Waals surface area (Å²) in [5.74, 6) is -2.39. The molecule has 2 aliphatic heterocycles. The average Bonchev–Trinajstić information content (AvgIpc) is 3.09. The largest absolute Gasteiger partial charge is 0.507 e. The number of aliphatic hydroxyl groups excluding tert-OH is 5. The van der Waals surface area contributed by atoms with Crippen molar-refractivity contribution in [3.05, 3.63) is 75.0 Å². The third-order valence-electron chi connectivity index (χ3n) is 8.60. The van der Waals surface area contributed by atoms with E-state index in [1.165, 1.54) is 26.3 Å². The summed E-state index contributed by atoms with van der Waals surface area (Å²) >= 11 is 0. The number of guanidine groups is 1. The van der Waals surface area contributed by atoms with Gasteiger partial charge in [0.05, 0.1) is 37.6 Å². The van der Waals surface area contributed by atoms with Gasteiger partial charge in [0.1, 0.15) is 41.7 Å². The summed E-state index contributed by atoms with van der Waals surface area (Å²) in [5.41, 5.74) is 12.3. The van der Waals surface area contributed by atoms with Crippen molar-refractivity contribution >= 4 is 17.5 Å². The highest BCUT2D eigenvalue weighted by atomic mass is 16.7. The van der Waals surface area contributed by atoms with Gasteiger partial charge in [0.15, 0.2) is 11.7 Å². The van der Waals surface area contributed by atoms with Crippen LogP contribution in [0.5, 0.6) is 17.2 Å². The van der Waals surface area contributed by atoms with E-state index in [0.29, 0.717) is 18.4 Å². The number of aliphatic imine (C=N–C) groups is 1. The van der Waals surface area contributed by atoms with Crippen LogP contribution < -0.4 is 31.6 Å². The van der Waals surface area contributed by atoms with Gasteiger partial charge in [-0.3, -0.25) is 14.6 Å². The fourth-order valence-corrected chi connectivity index (χ4v) is 5.95. The molecule has 3 aliphatic rings. The Morgan fingerprint density at radius 2 is 1.77 bits per heavy atom. The molecule has 1 saturated heterocycles. The molecule has 5 rings (SSSR count). The molecular formula is C32H39N5O11.